The van der Waals surface area contributed by atoms with E-state index in [1.165, 1.54) is 0 Å². The molecule has 0 aliphatic heterocycles. The molecular weight excluding hydrogens is 314 g/mol. The molecule has 1 atom stereocenters. The van der Waals surface area contributed by atoms with Gasteiger partial charge in [0.2, 0.25) is 0 Å². The van der Waals surface area contributed by atoms with Crippen LogP contribution in [-0.2, 0) is 0 Å². The Kier molecular flexibility index (Phi) is 3.55. The van der Waals surface area contributed by atoms with Crippen molar-refractivity contribution in [3.63, 3.8) is 0 Å². The number of aliphatic hydroxyl groups excluding tert-OH is 1. The Bertz CT molecular complexity index is 770. The second-order valence-electron chi connectivity index (χ2n) is 4.80. The first kappa shape index (κ1) is 13.3. The lowest BCUT2D eigenvalue weighted by molar-refractivity contribution is 0.221. The minimum absolute atomic E-state index is 0.665. The molecule has 0 spiro atoms. The summed E-state index contributed by atoms with van der Waals surface area (Å²) in [5.74, 6) is 0. The van der Waals surface area contributed by atoms with E-state index in [9.17, 15) is 5.11 Å². The quantitative estimate of drug-likeness (QED) is 0.757. The van der Waals surface area contributed by atoms with Gasteiger partial charge in [0, 0.05) is 21.6 Å². The zero-order chi connectivity index (χ0) is 14.1. The highest BCUT2D eigenvalue weighted by molar-refractivity contribution is 9.10. The fraction of sp³-hybridized carbons (Fsp3) is 0.118. The van der Waals surface area contributed by atoms with Gasteiger partial charge in [0.1, 0.15) is 6.10 Å². The molecule has 0 aliphatic carbocycles. The third-order valence-electron chi connectivity index (χ3n) is 3.53. The van der Waals surface area contributed by atoms with E-state index in [1.807, 2.05) is 55.5 Å². The van der Waals surface area contributed by atoms with Gasteiger partial charge in [0.15, 0.2) is 0 Å². The highest BCUT2D eigenvalue weighted by atomic mass is 79.9. The van der Waals surface area contributed by atoms with Crippen LogP contribution in [0.5, 0.6) is 0 Å². The zero-order valence-electron chi connectivity index (χ0n) is 11.0. The predicted molar refractivity (Wildman–Crippen MR) is 84.7 cm³/mol. The van der Waals surface area contributed by atoms with Gasteiger partial charge in [-0.05, 0) is 30.2 Å². The predicted octanol–water partition coefficient (Wildman–Crippen LogP) is 4.39. The number of rotatable bonds is 2. The van der Waals surface area contributed by atoms with E-state index < -0.39 is 6.10 Å². The Hall–Kier alpha value is -1.71. The molecule has 2 aromatic carbocycles. The molecule has 20 heavy (non-hydrogen) atoms. The molecule has 0 radical (unpaired) electrons. The van der Waals surface area contributed by atoms with Crippen LogP contribution in [0.1, 0.15) is 22.8 Å². The van der Waals surface area contributed by atoms with Crippen LogP contribution >= 0.6 is 15.9 Å². The number of hydrogen-bond donors (Lipinski definition) is 1. The molecule has 1 unspecified atom stereocenters. The number of fused-ring (bicyclic) bond motifs is 1. The van der Waals surface area contributed by atoms with Gasteiger partial charge in [-0.3, -0.25) is 4.98 Å². The van der Waals surface area contributed by atoms with Crippen LogP contribution in [0, 0.1) is 6.92 Å². The molecule has 0 saturated heterocycles. The summed E-state index contributed by atoms with van der Waals surface area (Å²) < 4.78 is 0.987. The molecule has 3 heteroatoms. The van der Waals surface area contributed by atoms with Gasteiger partial charge in [0.25, 0.3) is 0 Å². The summed E-state index contributed by atoms with van der Waals surface area (Å²) in [5.41, 5.74) is 3.66. The lowest BCUT2D eigenvalue weighted by atomic mass is 9.96. The second-order valence-corrected chi connectivity index (χ2v) is 5.65. The second kappa shape index (κ2) is 5.35. The number of pyridine rings is 1. The van der Waals surface area contributed by atoms with E-state index >= 15 is 0 Å². The van der Waals surface area contributed by atoms with E-state index in [0.29, 0.717) is 0 Å². The summed E-state index contributed by atoms with van der Waals surface area (Å²) >= 11 is 3.53. The highest BCUT2D eigenvalue weighted by Crippen LogP contribution is 2.32. The monoisotopic (exact) mass is 327 g/mol. The van der Waals surface area contributed by atoms with Crippen molar-refractivity contribution in [3.05, 3.63) is 75.9 Å². The first-order valence-electron chi connectivity index (χ1n) is 6.45. The molecule has 1 N–H and O–H groups in total. The standard InChI is InChI=1S/C17H14BrNO/c1-11-5-2-3-6-12(11)17(20)14-8-9-15(18)13-7-4-10-19-16(13)14/h2-10,17,20H,1H3. The number of benzene rings is 2. The molecule has 2 nitrogen and oxygen atoms in total. The van der Waals surface area contributed by atoms with Crippen LogP contribution in [0.25, 0.3) is 10.9 Å². The summed E-state index contributed by atoms with van der Waals surface area (Å²) in [6.07, 6.45) is 1.09. The third kappa shape index (κ3) is 2.23. The van der Waals surface area contributed by atoms with E-state index in [-0.39, 0.29) is 0 Å². The topological polar surface area (TPSA) is 33.1 Å². The highest BCUT2D eigenvalue weighted by Gasteiger charge is 2.16. The van der Waals surface area contributed by atoms with Crippen molar-refractivity contribution in [2.24, 2.45) is 0 Å². The van der Waals surface area contributed by atoms with Crippen molar-refractivity contribution in [1.29, 1.82) is 0 Å². The van der Waals surface area contributed by atoms with Crippen molar-refractivity contribution in [1.82, 2.24) is 4.98 Å². The van der Waals surface area contributed by atoms with E-state index in [2.05, 4.69) is 20.9 Å². The minimum Gasteiger partial charge on any atom is -0.384 e. The average molecular weight is 328 g/mol. The van der Waals surface area contributed by atoms with Gasteiger partial charge in [-0.2, -0.15) is 0 Å². The van der Waals surface area contributed by atoms with Gasteiger partial charge in [-0.25, -0.2) is 0 Å². The van der Waals surface area contributed by atoms with Crippen molar-refractivity contribution in [2.75, 3.05) is 0 Å². The normalized spacial score (nSPS) is 12.6. The SMILES string of the molecule is Cc1ccccc1C(O)c1ccc(Br)c2cccnc12. The van der Waals surface area contributed by atoms with E-state index in [1.54, 1.807) is 6.20 Å². The van der Waals surface area contributed by atoms with Gasteiger partial charge in [-0.15, -0.1) is 0 Å². The van der Waals surface area contributed by atoms with Crippen LogP contribution < -0.4 is 0 Å². The van der Waals surface area contributed by atoms with Crippen molar-refractivity contribution >= 4 is 26.8 Å². The fourth-order valence-corrected chi connectivity index (χ4v) is 2.89. The molecule has 0 bridgehead atoms. The van der Waals surface area contributed by atoms with Gasteiger partial charge in [-0.1, -0.05) is 52.3 Å². The lowest BCUT2D eigenvalue weighted by Crippen LogP contribution is -2.03. The van der Waals surface area contributed by atoms with Gasteiger partial charge >= 0.3 is 0 Å². The maximum Gasteiger partial charge on any atom is 0.106 e. The number of halogens is 1. The molecule has 0 fully saturated rings. The Morgan fingerprint density at radius 2 is 1.80 bits per heavy atom. The number of hydrogen-bond acceptors (Lipinski definition) is 2. The minimum atomic E-state index is -0.665. The van der Waals surface area contributed by atoms with Crippen LogP contribution in [-0.4, -0.2) is 10.1 Å². The van der Waals surface area contributed by atoms with Crippen LogP contribution in [0.4, 0.5) is 0 Å². The zero-order valence-corrected chi connectivity index (χ0v) is 12.6. The molecule has 0 saturated carbocycles. The molecule has 1 aromatic heterocycles. The summed E-state index contributed by atoms with van der Waals surface area (Å²) in [5, 5.41) is 11.7. The average Bonchev–Trinajstić information content (AvgIpc) is 2.48. The first-order chi connectivity index (χ1) is 9.68. The van der Waals surface area contributed by atoms with Crippen molar-refractivity contribution in [3.8, 4) is 0 Å². The van der Waals surface area contributed by atoms with Crippen molar-refractivity contribution in [2.45, 2.75) is 13.0 Å². The van der Waals surface area contributed by atoms with E-state index in [4.69, 9.17) is 0 Å². The summed E-state index contributed by atoms with van der Waals surface area (Å²) in [6, 6.07) is 15.7. The Morgan fingerprint density at radius 1 is 1.00 bits per heavy atom. The van der Waals surface area contributed by atoms with Crippen LogP contribution in [0.15, 0.2) is 59.2 Å². The smallest absolute Gasteiger partial charge is 0.106 e. The summed E-state index contributed by atoms with van der Waals surface area (Å²) in [7, 11) is 0. The van der Waals surface area contributed by atoms with Crippen molar-refractivity contribution < 1.29 is 5.11 Å². The molecule has 3 rings (SSSR count). The molecule has 1 heterocycles. The number of nitrogens with zero attached hydrogens (tertiary/aromatic N) is 1. The molecule has 0 amide bonds. The molecular formula is C17H14BrNO. The Morgan fingerprint density at radius 3 is 2.60 bits per heavy atom. The Labute approximate surface area is 126 Å². The lowest BCUT2D eigenvalue weighted by Gasteiger charge is -2.16. The molecule has 3 aromatic rings. The maximum absolute atomic E-state index is 10.7. The van der Waals surface area contributed by atoms with E-state index in [0.717, 1.165) is 32.1 Å². The Balaban J connectivity index is 2.20. The number of aromatic nitrogens is 1. The molecule has 100 valence electrons. The maximum atomic E-state index is 10.7. The summed E-state index contributed by atoms with van der Waals surface area (Å²) in [6.45, 7) is 2.01. The van der Waals surface area contributed by atoms with Crippen LogP contribution in [0.2, 0.25) is 0 Å². The molecule has 0 aliphatic rings. The van der Waals surface area contributed by atoms with Crippen LogP contribution in [0.3, 0.4) is 0 Å². The largest absolute Gasteiger partial charge is 0.384 e. The van der Waals surface area contributed by atoms with Gasteiger partial charge < -0.3 is 5.11 Å². The number of aryl methyl sites for hydroxylation is 1. The number of aliphatic hydroxyl groups is 1. The fourth-order valence-electron chi connectivity index (χ4n) is 2.44. The summed E-state index contributed by atoms with van der Waals surface area (Å²) in [4.78, 5) is 4.43. The first-order valence-corrected chi connectivity index (χ1v) is 7.24. The third-order valence-corrected chi connectivity index (χ3v) is 4.22. The van der Waals surface area contributed by atoms with Gasteiger partial charge in [0.05, 0.1) is 5.52 Å².